The van der Waals surface area contributed by atoms with Crippen LogP contribution >= 0.6 is 0 Å². The van der Waals surface area contributed by atoms with E-state index in [1.54, 1.807) is 0 Å². The zero-order valence-corrected chi connectivity index (χ0v) is 35.9. The fourth-order valence-corrected chi connectivity index (χ4v) is 6.99. The van der Waals surface area contributed by atoms with Crippen LogP contribution in [0.4, 0.5) is 17.1 Å². The minimum absolute atomic E-state index is 0.138. The first-order valence-corrected chi connectivity index (χ1v) is 20.6. The van der Waals surface area contributed by atoms with Crippen molar-refractivity contribution in [2.75, 3.05) is 4.90 Å². The molecule has 4 heteroatoms. The normalized spacial score (nSPS) is 15.1. The number of rotatable bonds is 11. The highest BCUT2D eigenvalue weighted by molar-refractivity contribution is 6.62. The molecular weight excluding hydrogens is 717 g/mol. The lowest BCUT2D eigenvalue weighted by atomic mass is 9.78. The highest BCUT2D eigenvalue weighted by Crippen LogP contribution is 2.37. The molecule has 0 N–H and O–H groups in total. The van der Waals surface area contributed by atoms with Crippen molar-refractivity contribution in [3.8, 4) is 0 Å². The summed E-state index contributed by atoms with van der Waals surface area (Å²) in [5, 5.41) is 0. The molecule has 0 aromatic heterocycles. The molecular formula is C55H56BNO2. The van der Waals surface area contributed by atoms with Gasteiger partial charge in [0.15, 0.2) is 0 Å². The van der Waals surface area contributed by atoms with Crippen molar-refractivity contribution in [3.63, 3.8) is 0 Å². The van der Waals surface area contributed by atoms with E-state index in [0.717, 1.165) is 61.5 Å². The fraction of sp³-hybridized carbons (Fsp3) is 0.200. The molecule has 7 rings (SSSR count). The Morgan fingerprint density at radius 1 is 0.508 bits per heavy atom. The zero-order valence-electron chi connectivity index (χ0n) is 35.9. The van der Waals surface area contributed by atoms with E-state index in [2.05, 4.69) is 242 Å². The van der Waals surface area contributed by atoms with E-state index in [1.165, 1.54) is 11.1 Å². The lowest BCUT2D eigenvalue weighted by Crippen LogP contribution is -2.41. The zero-order chi connectivity index (χ0) is 41.8. The second kappa shape index (κ2) is 17.1. The van der Waals surface area contributed by atoms with Gasteiger partial charge in [-0.2, -0.15) is 0 Å². The van der Waals surface area contributed by atoms with Gasteiger partial charge in [0.05, 0.1) is 11.2 Å². The van der Waals surface area contributed by atoms with Gasteiger partial charge in [0.1, 0.15) is 0 Å². The molecule has 6 aromatic carbocycles. The molecule has 6 aromatic rings. The molecule has 1 aliphatic heterocycles. The Kier molecular flexibility index (Phi) is 12.0. The van der Waals surface area contributed by atoms with Crippen molar-refractivity contribution in [1.29, 1.82) is 0 Å². The second-order valence-corrected chi connectivity index (χ2v) is 17.6. The van der Waals surface area contributed by atoms with Gasteiger partial charge in [-0.15, -0.1) is 0 Å². The number of hydrogen-bond donors (Lipinski definition) is 0. The van der Waals surface area contributed by atoms with Gasteiger partial charge in [-0.3, -0.25) is 0 Å². The minimum Gasteiger partial charge on any atom is -0.399 e. The number of anilines is 3. The Morgan fingerprint density at radius 2 is 0.864 bits per heavy atom. The molecule has 0 atom stereocenters. The number of nitrogens with zero attached hydrogens (tertiary/aromatic N) is 1. The summed E-state index contributed by atoms with van der Waals surface area (Å²) in [4.78, 5) is 2.31. The molecule has 1 heterocycles. The maximum atomic E-state index is 6.31. The Balaban J connectivity index is 1.12. The summed E-state index contributed by atoms with van der Waals surface area (Å²) in [6, 6.07) is 52.0. The van der Waals surface area contributed by atoms with Gasteiger partial charge >= 0.3 is 7.12 Å². The van der Waals surface area contributed by atoms with Crippen LogP contribution in [0, 0.1) is 0 Å². The quantitative estimate of drug-likeness (QED) is 0.0967. The summed E-state index contributed by atoms with van der Waals surface area (Å²) >= 11 is 0. The Labute approximate surface area is 353 Å². The average Bonchev–Trinajstić information content (AvgIpc) is 3.45. The van der Waals surface area contributed by atoms with Crippen molar-refractivity contribution >= 4 is 71.7 Å². The highest BCUT2D eigenvalue weighted by atomic mass is 16.7. The van der Waals surface area contributed by atoms with E-state index < -0.39 is 7.12 Å². The molecule has 296 valence electrons. The molecule has 0 spiro atoms. The number of benzene rings is 6. The Hall–Kier alpha value is -5.94. The van der Waals surface area contributed by atoms with Crippen LogP contribution < -0.4 is 10.4 Å². The first-order valence-electron chi connectivity index (χ1n) is 20.6. The van der Waals surface area contributed by atoms with Gasteiger partial charge in [0.2, 0.25) is 0 Å². The molecule has 0 bridgehead atoms. The summed E-state index contributed by atoms with van der Waals surface area (Å²) in [5.74, 6) is 0. The van der Waals surface area contributed by atoms with Gasteiger partial charge in [-0.1, -0.05) is 179 Å². The van der Waals surface area contributed by atoms with E-state index in [4.69, 9.17) is 9.31 Å². The molecule has 1 aliphatic rings. The van der Waals surface area contributed by atoms with Gasteiger partial charge in [-0.05, 0) is 126 Å². The van der Waals surface area contributed by atoms with Crippen molar-refractivity contribution in [2.45, 2.75) is 72.0 Å². The summed E-state index contributed by atoms with van der Waals surface area (Å²) in [7, 11) is -0.390. The standard InChI is InChI=1S/C55H56BNO2/c1-40(2)47-29-19-41(20-30-47)13-15-43-23-33-50(34-24-43)57(51-35-25-44(26-36-51)16-14-42-21-31-48(32-22-42)53(3,4)5)52-37-27-45(28-38-52)17-18-46-11-10-12-49(39-46)56-58-54(6,7)55(8,9)59-56/h10-39H,1H2,2-9H3/b15-13+,16-14+,18-17+. The lowest BCUT2D eigenvalue weighted by Gasteiger charge is -2.32. The van der Waals surface area contributed by atoms with E-state index in [9.17, 15) is 0 Å². The Morgan fingerprint density at radius 3 is 1.24 bits per heavy atom. The van der Waals surface area contributed by atoms with E-state index in [-0.39, 0.29) is 16.6 Å². The maximum Gasteiger partial charge on any atom is 0.494 e. The smallest absolute Gasteiger partial charge is 0.399 e. The predicted molar refractivity (Wildman–Crippen MR) is 256 cm³/mol. The molecule has 0 aliphatic carbocycles. The van der Waals surface area contributed by atoms with Crippen LogP contribution in [0.2, 0.25) is 0 Å². The summed E-state index contributed by atoms with van der Waals surface area (Å²) < 4.78 is 12.6. The second-order valence-electron chi connectivity index (χ2n) is 17.6. The lowest BCUT2D eigenvalue weighted by molar-refractivity contribution is 0.00578. The van der Waals surface area contributed by atoms with Crippen molar-refractivity contribution < 1.29 is 9.31 Å². The largest absolute Gasteiger partial charge is 0.494 e. The van der Waals surface area contributed by atoms with Crippen LogP contribution in [0.5, 0.6) is 0 Å². The summed E-state index contributed by atoms with van der Waals surface area (Å²) in [6.45, 7) is 21.2. The molecule has 0 radical (unpaired) electrons. The van der Waals surface area contributed by atoms with Crippen LogP contribution in [0.15, 0.2) is 152 Å². The predicted octanol–water partition coefficient (Wildman–Crippen LogP) is 14.3. The summed E-state index contributed by atoms with van der Waals surface area (Å²) in [5.41, 5.74) is 14.0. The van der Waals surface area contributed by atoms with Crippen LogP contribution in [0.1, 0.15) is 99.9 Å². The molecule has 1 fully saturated rings. The van der Waals surface area contributed by atoms with Crippen molar-refractivity contribution in [3.05, 3.63) is 197 Å². The van der Waals surface area contributed by atoms with E-state index >= 15 is 0 Å². The highest BCUT2D eigenvalue weighted by Gasteiger charge is 2.51. The van der Waals surface area contributed by atoms with Crippen molar-refractivity contribution in [1.82, 2.24) is 0 Å². The van der Waals surface area contributed by atoms with E-state index in [0.29, 0.717) is 0 Å². The van der Waals surface area contributed by atoms with Gasteiger partial charge in [0, 0.05) is 17.1 Å². The molecule has 59 heavy (non-hydrogen) atoms. The SMILES string of the molecule is C=C(C)c1ccc(/C=C/c2ccc(N(c3ccc(/C=C/c4ccc(C(C)(C)C)cc4)cc3)c3ccc(/C=C/c4cccc(B5OC(C)(C)C(C)(C)O5)c4)cc3)cc2)cc1. The minimum atomic E-state index is -0.390. The first-order chi connectivity index (χ1) is 28.1. The third-order valence-corrected chi connectivity index (χ3v) is 11.5. The maximum absolute atomic E-state index is 6.31. The molecule has 1 saturated heterocycles. The first kappa shape index (κ1) is 41.2. The molecule has 0 unspecified atom stereocenters. The Bertz CT molecular complexity index is 2450. The molecule has 3 nitrogen and oxygen atoms in total. The van der Waals surface area contributed by atoms with E-state index in [1.807, 2.05) is 6.92 Å². The monoisotopic (exact) mass is 773 g/mol. The van der Waals surface area contributed by atoms with Gasteiger partial charge in [-0.25, -0.2) is 0 Å². The fourth-order valence-electron chi connectivity index (χ4n) is 6.99. The number of allylic oxidation sites excluding steroid dienone is 1. The van der Waals surface area contributed by atoms with Gasteiger partial charge < -0.3 is 14.2 Å². The van der Waals surface area contributed by atoms with Crippen LogP contribution in [-0.2, 0) is 14.7 Å². The van der Waals surface area contributed by atoms with Crippen LogP contribution in [0.3, 0.4) is 0 Å². The molecule has 0 saturated carbocycles. The third-order valence-electron chi connectivity index (χ3n) is 11.5. The van der Waals surface area contributed by atoms with Crippen molar-refractivity contribution in [2.24, 2.45) is 0 Å². The summed E-state index contributed by atoms with van der Waals surface area (Å²) in [6.07, 6.45) is 13.0. The van der Waals surface area contributed by atoms with Crippen LogP contribution in [0.25, 0.3) is 42.0 Å². The number of hydrogen-bond acceptors (Lipinski definition) is 3. The van der Waals surface area contributed by atoms with Gasteiger partial charge in [0.25, 0.3) is 0 Å². The van der Waals surface area contributed by atoms with Crippen LogP contribution in [-0.4, -0.2) is 18.3 Å². The average molecular weight is 774 g/mol. The topological polar surface area (TPSA) is 21.7 Å². The molecule has 0 amide bonds. The third kappa shape index (κ3) is 10.0.